The second-order valence-electron chi connectivity index (χ2n) is 5.76. The normalized spacial score (nSPS) is 11.4. The molecule has 27 heavy (non-hydrogen) atoms. The molecule has 0 aliphatic carbocycles. The first-order chi connectivity index (χ1) is 12.8. The molecule has 3 aromatic rings. The van der Waals surface area contributed by atoms with Crippen LogP contribution < -0.4 is 5.32 Å². The fraction of sp³-hybridized carbons (Fsp3) is 0.167. The number of amides is 1. The highest BCUT2D eigenvalue weighted by molar-refractivity contribution is 7.91. The molecule has 7 nitrogen and oxygen atoms in total. The molecule has 0 spiro atoms. The Hall–Kier alpha value is -2.71. The van der Waals surface area contributed by atoms with E-state index >= 15 is 0 Å². The Bertz CT molecular complexity index is 1090. The van der Waals surface area contributed by atoms with Crippen LogP contribution in [0.5, 0.6) is 0 Å². The van der Waals surface area contributed by atoms with Gasteiger partial charge in [-0.2, -0.15) is 0 Å². The molecule has 0 aliphatic heterocycles. The summed E-state index contributed by atoms with van der Waals surface area (Å²) in [5.74, 6) is -0.0377. The van der Waals surface area contributed by atoms with E-state index in [4.69, 9.17) is 11.6 Å². The van der Waals surface area contributed by atoms with Crippen LogP contribution in [0.4, 0.5) is 5.69 Å². The van der Waals surface area contributed by atoms with Gasteiger partial charge in [-0.1, -0.05) is 24.6 Å². The number of rotatable bonds is 5. The van der Waals surface area contributed by atoms with Crippen LogP contribution in [0.25, 0.3) is 5.69 Å². The summed E-state index contributed by atoms with van der Waals surface area (Å²) in [5.41, 5.74) is 1.08. The minimum absolute atomic E-state index is 0.0172. The van der Waals surface area contributed by atoms with Gasteiger partial charge in [0.2, 0.25) is 5.82 Å². The van der Waals surface area contributed by atoms with Gasteiger partial charge in [0.05, 0.1) is 16.3 Å². The topological polar surface area (TPSA) is 94.0 Å². The molecule has 0 saturated heterocycles. The van der Waals surface area contributed by atoms with E-state index in [0.717, 1.165) is 5.69 Å². The number of anilines is 1. The molecule has 0 fully saturated rings. The van der Waals surface area contributed by atoms with Gasteiger partial charge in [-0.25, -0.2) is 18.1 Å². The van der Waals surface area contributed by atoms with Crippen molar-refractivity contribution in [3.8, 4) is 5.69 Å². The summed E-state index contributed by atoms with van der Waals surface area (Å²) < 4.78 is 25.5. The van der Waals surface area contributed by atoms with Crippen molar-refractivity contribution in [2.75, 3.05) is 11.1 Å². The van der Waals surface area contributed by atoms with Crippen LogP contribution in [0.2, 0.25) is 5.02 Å². The molecule has 0 unspecified atom stereocenters. The maximum absolute atomic E-state index is 12.5. The van der Waals surface area contributed by atoms with Crippen LogP contribution in [-0.4, -0.2) is 34.8 Å². The van der Waals surface area contributed by atoms with E-state index in [1.807, 2.05) is 0 Å². The Labute approximate surface area is 161 Å². The molecule has 0 aliphatic rings. The second-order valence-corrected chi connectivity index (χ2v) is 8.47. The summed E-state index contributed by atoms with van der Waals surface area (Å²) in [6.45, 7) is 3.30. The number of carbonyl (C=O) groups excluding carboxylic acids is 1. The van der Waals surface area contributed by atoms with Gasteiger partial charge in [0, 0.05) is 10.7 Å². The fourth-order valence-corrected chi connectivity index (χ4v) is 3.49. The largest absolute Gasteiger partial charge is 0.319 e. The van der Waals surface area contributed by atoms with Crippen LogP contribution in [-0.2, 0) is 9.84 Å². The summed E-state index contributed by atoms with van der Waals surface area (Å²) in [4.78, 5) is 16.8. The lowest BCUT2D eigenvalue weighted by Gasteiger charge is -2.06. The van der Waals surface area contributed by atoms with E-state index < -0.39 is 15.7 Å². The van der Waals surface area contributed by atoms with Gasteiger partial charge in [0.25, 0.3) is 5.91 Å². The number of halogens is 1. The molecule has 1 N–H and O–H groups in total. The van der Waals surface area contributed by atoms with Crippen molar-refractivity contribution in [3.05, 3.63) is 65.2 Å². The van der Waals surface area contributed by atoms with Crippen LogP contribution in [0, 0.1) is 6.92 Å². The number of aromatic nitrogens is 3. The molecule has 2 aromatic carbocycles. The molecule has 1 amide bonds. The fourth-order valence-electron chi connectivity index (χ4n) is 2.43. The zero-order valence-corrected chi connectivity index (χ0v) is 16.3. The molecular formula is C18H17ClN4O3S. The Morgan fingerprint density at radius 1 is 1.19 bits per heavy atom. The highest BCUT2D eigenvalue weighted by Crippen LogP contribution is 2.18. The molecule has 1 aromatic heterocycles. The van der Waals surface area contributed by atoms with Gasteiger partial charge in [0.15, 0.2) is 9.84 Å². The number of carbonyl (C=O) groups is 1. The number of sulfone groups is 1. The monoisotopic (exact) mass is 404 g/mol. The first-order valence-corrected chi connectivity index (χ1v) is 10.2. The lowest BCUT2D eigenvalue weighted by molar-refractivity contribution is 0.101. The predicted octanol–water partition coefficient (Wildman–Crippen LogP) is 3.28. The maximum atomic E-state index is 12.5. The van der Waals surface area contributed by atoms with E-state index in [9.17, 15) is 13.2 Å². The minimum atomic E-state index is -3.36. The quantitative estimate of drug-likeness (QED) is 0.704. The van der Waals surface area contributed by atoms with Gasteiger partial charge in [-0.05, 0) is 49.4 Å². The number of benzene rings is 2. The van der Waals surface area contributed by atoms with E-state index in [1.165, 1.54) is 16.8 Å². The van der Waals surface area contributed by atoms with E-state index in [0.29, 0.717) is 16.5 Å². The number of nitrogens with zero attached hydrogens (tertiary/aromatic N) is 3. The standard InChI is InChI=1S/C18H17ClN4O3S/c1-3-27(25,26)16-6-4-5-14(11-16)21-18(24)17-20-12(2)23(22-17)15-9-7-13(19)8-10-15/h4-11H,3H2,1-2H3,(H,21,24). The lowest BCUT2D eigenvalue weighted by Crippen LogP contribution is -2.15. The first-order valence-electron chi connectivity index (χ1n) is 8.14. The van der Waals surface area contributed by atoms with Crippen molar-refractivity contribution in [3.63, 3.8) is 0 Å². The average Bonchev–Trinajstić information content (AvgIpc) is 3.04. The van der Waals surface area contributed by atoms with Gasteiger partial charge in [-0.15, -0.1) is 5.10 Å². The van der Waals surface area contributed by atoms with E-state index in [-0.39, 0.29) is 16.5 Å². The summed E-state index contributed by atoms with van der Waals surface area (Å²) >= 11 is 5.89. The van der Waals surface area contributed by atoms with Crippen molar-refractivity contribution in [1.82, 2.24) is 14.8 Å². The molecular weight excluding hydrogens is 388 g/mol. The zero-order valence-electron chi connectivity index (χ0n) is 14.7. The third-order valence-corrected chi connectivity index (χ3v) is 5.86. The van der Waals surface area contributed by atoms with E-state index in [2.05, 4.69) is 15.4 Å². The third kappa shape index (κ3) is 4.17. The van der Waals surface area contributed by atoms with Crippen LogP contribution in [0.15, 0.2) is 53.4 Å². The Morgan fingerprint density at radius 2 is 1.89 bits per heavy atom. The average molecular weight is 405 g/mol. The molecule has 9 heteroatoms. The smallest absolute Gasteiger partial charge is 0.295 e. The van der Waals surface area contributed by atoms with Gasteiger partial charge < -0.3 is 5.32 Å². The minimum Gasteiger partial charge on any atom is -0.319 e. The van der Waals surface area contributed by atoms with Crippen molar-refractivity contribution < 1.29 is 13.2 Å². The predicted molar refractivity (Wildman–Crippen MR) is 103 cm³/mol. The summed E-state index contributed by atoms with van der Waals surface area (Å²) in [7, 11) is -3.36. The Balaban J connectivity index is 1.84. The van der Waals surface area contributed by atoms with Gasteiger partial charge in [0.1, 0.15) is 5.82 Å². The van der Waals surface area contributed by atoms with Crippen LogP contribution in [0.3, 0.4) is 0 Å². The molecule has 1 heterocycles. The molecule has 0 bridgehead atoms. The zero-order chi connectivity index (χ0) is 19.6. The molecule has 0 atom stereocenters. The number of hydrogen-bond acceptors (Lipinski definition) is 5. The second kappa shape index (κ2) is 7.50. The lowest BCUT2D eigenvalue weighted by atomic mass is 10.3. The van der Waals surface area contributed by atoms with E-state index in [1.54, 1.807) is 50.2 Å². The maximum Gasteiger partial charge on any atom is 0.295 e. The van der Waals surface area contributed by atoms with Gasteiger partial charge in [-0.3, -0.25) is 4.79 Å². The Kier molecular flexibility index (Phi) is 5.29. The first kappa shape index (κ1) is 19.1. The summed E-state index contributed by atoms with van der Waals surface area (Å²) in [5, 5.41) is 7.45. The third-order valence-electron chi connectivity index (χ3n) is 3.87. The van der Waals surface area contributed by atoms with Crippen molar-refractivity contribution in [2.24, 2.45) is 0 Å². The van der Waals surface area contributed by atoms with Gasteiger partial charge >= 0.3 is 0 Å². The summed E-state index contributed by atoms with van der Waals surface area (Å²) in [6.07, 6.45) is 0. The number of aryl methyl sites for hydroxylation is 1. The number of hydrogen-bond donors (Lipinski definition) is 1. The summed E-state index contributed by atoms with van der Waals surface area (Å²) in [6, 6.07) is 13.1. The highest BCUT2D eigenvalue weighted by atomic mass is 35.5. The van der Waals surface area contributed by atoms with Crippen molar-refractivity contribution in [2.45, 2.75) is 18.7 Å². The van der Waals surface area contributed by atoms with Crippen LogP contribution >= 0.6 is 11.6 Å². The number of nitrogens with one attached hydrogen (secondary N) is 1. The highest BCUT2D eigenvalue weighted by Gasteiger charge is 2.17. The van der Waals surface area contributed by atoms with Crippen molar-refractivity contribution in [1.29, 1.82) is 0 Å². The van der Waals surface area contributed by atoms with Crippen molar-refractivity contribution >= 4 is 33.0 Å². The van der Waals surface area contributed by atoms with Crippen LogP contribution in [0.1, 0.15) is 23.4 Å². The molecule has 0 saturated carbocycles. The molecule has 3 rings (SSSR count). The molecule has 140 valence electrons. The SMILES string of the molecule is CCS(=O)(=O)c1cccc(NC(=O)c2nc(C)n(-c3ccc(Cl)cc3)n2)c1. The Morgan fingerprint density at radius 3 is 2.56 bits per heavy atom. The molecule has 0 radical (unpaired) electrons.